The van der Waals surface area contributed by atoms with Gasteiger partial charge in [-0.2, -0.15) is 0 Å². The van der Waals surface area contributed by atoms with Crippen LogP contribution in [-0.4, -0.2) is 29.6 Å². The van der Waals surface area contributed by atoms with E-state index in [9.17, 15) is 9.59 Å². The van der Waals surface area contributed by atoms with Gasteiger partial charge in [-0.1, -0.05) is 0 Å². The molecule has 0 aliphatic heterocycles. The van der Waals surface area contributed by atoms with E-state index in [-0.39, 0.29) is 35.7 Å². The number of nitrogens with one attached hydrogen (secondary N) is 1. The highest BCUT2D eigenvalue weighted by Crippen LogP contribution is 1.93. The number of carbonyl (C=O) groups excluding carboxylic acids is 1. The second-order valence-corrected chi connectivity index (χ2v) is 2.44. The van der Waals surface area contributed by atoms with Gasteiger partial charge in [-0.05, 0) is 13.3 Å². The number of carboxylic acid groups (broad SMARTS) is 1. The van der Waals surface area contributed by atoms with Gasteiger partial charge in [0.2, 0.25) is 5.91 Å². The summed E-state index contributed by atoms with van der Waals surface area (Å²) in [5.74, 6) is -1.23. The molecule has 0 aromatic rings. The van der Waals surface area contributed by atoms with Crippen LogP contribution in [0.3, 0.4) is 0 Å². The summed E-state index contributed by atoms with van der Waals surface area (Å²) in [5, 5.41) is 10.9. The van der Waals surface area contributed by atoms with E-state index in [1.165, 1.54) is 0 Å². The molecule has 0 aromatic carbocycles. The van der Waals surface area contributed by atoms with Crippen molar-refractivity contribution in [3.63, 3.8) is 0 Å². The number of aliphatic carboxylic acids is 1. The lowest BCUT2D eigenvalue weighted by Gasteiger charge is -2.05. The topological polar surface area (TPSA) is 92.4 Å². The maximum atomic E-state index is 10.8. The number of carboxylic acids is 1. The van der Waals surface area contributed by atoms with Crippen LogP contribution in [-0.2, 0) is 9.59 Å². The number of hydrogen-bond donors (Lipinski definition) is 3. The molecule has 0 rings (SSSR count). The fraction of sp³-hybridized carbons (Fsp3) is 0.714. The Morgan fingerprint density at radius 1 is 1.54 bits per heavy atom. The zero-order valence-corrected chi connectivity index (χ0v) is 9.16. The first-order valence-electron chi connectivity index (χ1n) is 3.83. The van der Waals surface area contributed by atoms with Crippen molar-refractivity contribution in [1.82, 2.24) is 5.32 Å². The van der Waals surface area contributed by atoms with Crippen LogP contribution in [0.4, 0.5) is 0 Å². The van der Waals surface area contributed by atoms with Crippen molar-refractivity contribution in [2.75, 3.05) is 6.54 Å². The molecule has 1 amide bonds. The number of halogens is 1. The number of hydrogen-bond acceptors (Lipinski definition) is 3. The molecule has 0 radical (unpaired) electrons. The molecule has 5 nitrogen and oxygen atoms in total. The number of nitrogens with two attached hydrogens (primary N) is 1. The van der Waals surface area contributed by atoms with Crippen LogP contribution < -0.4 is 11.1 Å². The third-order valence-corrected chi connectivity index (χ3v) is 1.37. The van der Waals surface area contributed by atoms with Gasteiger partial charge in [0.15, 0.2) is 0 Å². The average Bonchev–Trinajstić information content (AvgIpc) is 2.00. The largest absolute Gasteiger partial charge is 0.480 e. The highest BCUT2D eigenvalue weighted by molar-refractivity contribution is 8.93. The van der Waals surface area contributed by atoms with Crippen LogP contribution >= 0.6 is 17.0 Å². The van der Waals surface area contributed by atoms with Crippen molar-refractivity contribution in [2.45, 2.75) is 25.8 Å². The molecule has 13 heavy (non-hydrogen) atoms. The van der Waals surface area contributed by atoms with Gasteiger partial charge in [-0.25, -0.2) is 0 Å². The second kappa shape index (κ2) is 8.00. The van der Waals surface area contributed by atoms with Gasteiger partial charge >= 0.3 is 5.97 Å². The first kappa shape index (κ1) is 14.9. The van der Waals surface area contributed by atoms with Crippen molar-refractivity contribution in [2.24, 2.45) is 5.73 Å². The fourth-order valence-electron chi connectivity index (χ4n) is 0.696. The van der Waals surface area contributed by atoms with Crippen LogP contribution in [0.2, 0.25) is 0 Å². The predicted octanol–water partition coefficient (Wildman–Crippen LogP) is -0.107. The highest BCUT2D eigenvalue weighted by Gasteiger charge is 2.12. The first-order chi connectivity index (χ1) is 5.57. The molecule has 0 aliphatic carbocycles. The second-order valence-electron chi connectivity index (χ2n) is 2.44. The van der Waals surface area contributed by atoms with Gasteiger partial charge in [0, 0.05) is 13.0 Å². The summed E-state index contributed by atoms with van der Waals surface area (Å²) in [6, 6.07) is -0.937. The molecule has 0 saturated heterocycles. The third kappa shape index (κ3) is 7.73. The Morgan fingerprint density at radius 2 is 2.08 bits per heavy atom. The molecule has 0 unspecified atom stereocenters. The van der Waals surface area contributed by atoms with Crippen LogP contribution in [0.1, 0.15) is 19.8 Å². The minimum Gasteiger partial charge on any atom is -0.480 e. The Hall–Kier alpha value is -0.620. The Labute approximate surface area is 87.4 Å². The first-order valence-corrected chi connectivity index (χ1v) is 3.83. The van der Waals surface area contributed by atoms with E-state index in [1.54, 1.807) is 6.92 Å². The number of rotatable bonds is 5. The summed E-state index contributed by atoms with van der Waals surface area (Å²) in [6.07, 6.45) is 0.350. The number of carbonyl (C=O) groups is 2. The molecule has 0 saturated carbocycles. The molecule has 6 heteroatoms. The smallest absolute Gasteiger partial charge is 0.320 e. The predicted molar refractivity (Wildman–Crippen MR) is 53.9 cm³/mol. The quantitative estimate of drug-likeness (QED) is 0.639. The maximum absolute atomic E-state index is 10.8. The maximum Gasteiger partial charge on any atom is 0.320 e. The Kier molecular flexibility index (Phi) is 9.16. The molecule has 0 fully saturated rings. The van der Waals surface area contributed by atoms with Crippen LogP contribution in [0, 0.1) is 0 Å². The Balaban J connectivity index is 0. The van der Waals surface area contributed by atoms with Crippen molar-refractivity contribution < 1.29 is 14.7 Å². The van der Waals surface area contributed by atoms with Crippen LogP contribution in [0.15, 0.2) is 0 Å². The SMILES string of the molecule is Br.CCNC(=O)CC[C@H](N)C(=O)O. The summed E-state index contributed by atoms with van der Waals surface area (Å²) >= 11 is 0. The minimum atomic E-state index is -1.07. The van der Waals surface area contributed by atoms with E-state index in [2.05, 4.69) is 5.32 Å². The minimum absolute atomic E-state index is 0. The molecule has 1 atom stereocenters. The molecule has 78 valence electrons. The summed E-state index contributed by atoms with van der Waals surface area (Å²) < 4.78 is 0. The van der Waals surface area contributed by atoms with E-state index in [0.29, 0.717) is 6.54 Å². The molecule has 4 N–H and O–H groups in total. The summed E-state index contributed by atoms with van der Waals surface area (Å²) in [5.41, 5.74) is 5.18. The van der Waals surface area contributed by atoms with Crippen molar-refractivity contribution in [3.8, 4) is 0 Å². The third-order valence-electron chi connectivity index (χ3n) is 1.37. The molecular weight excluding hydrogens is 240 g/mol. The monoisotopic (exact) mass is 254 g/mol. The van der Waals surface area contributed by atoms with E-state index in [4.69, 9.17) is 10.8 Å². The van der Waals surface area contributed by atoms with Gasteiger partial charge in [0.05, 0.1) is 0 Å². The fourth-order valence-corrected chi connectivity index (χ4v) is 0.696. The Morgan fingerprint density at radius 3 is 2.46 bits per heavy atom. The molecule has 0 heterocycles. The van der Waals surface area contributed by atoms with Crippen molar-refractivity contribution in [3.05, 3.63) is 0 Å². The summed E-state index contributed by atoms with van der Waals surface area (Å²) in [7, 11) is 0. The average molecular weight is 255 g/mol. The van der Waals surface area contributed by atoms with Gasteiger partial charge in [-0.3, -0.25) is 9.59 Å². The van der Waals surface area contributed by atoms with Crippen LogP contribution in [0.5, 0.6) is 0 Å². The van der Waals surface area contributed by atoms with Gasteiger partial charge < -0.3 is 16.2 Å². The lowest BCUT2D eigenvalue weighted by atomic mass is 10.1. The summed E-state index contributed by atoms with van der Waals surface area (Å²) in [6.45, 7) is 2.36. The van der Waals surface area contributed by atoms with Crippen molar-refractivity contribution >= 4 is 28.9 Å². The summed E-state index contributed by atoms with van der Waals surface area (Å²) in [4.78, 5) is 21.0. The molecule has 0 aromatic heterocycles. The van der Waals surface area contributed by atoms with Crippen molar-refractivity contribution in [1.29, 1.82) is 0 Å². The van der Waals surface area contributed by atoms with E-state index >= 15 is 0 Å². The van der Waals surface area contributed by atoms with Crippen LogP contribution in [0.25, 0.3) is 0 Å². The molecule has 0 bridgehead atoms. The lowest BCUT2D eigenvalue weighted by molar-refractivity contribution is -0.138. The lowest BCUT2D eigenvalue weighted by Crippen LogP contribution is -2.32. The molecular formula is C7H15BrN2O3. The number of amides is 1. The Bertz CT molecular complexity index is 175. The molecule has 0 spiro atoms. The van der Waals surface area contributed by atoms with E-state index in [1.807, 2.05) is 0 Å². The van der Waals surface area contributed by atoms with Gasteiger partial charge in [0.1, 0.15) is 6.04 Å². The van der Waals surface area contributed by atoms with Gasteiger partial charge in [-0.15, -0.1) is 17.0 Å². The van der Waals surface area contributed by atoms with Gasteiger partial charge in [0.25, 0.3) is 0 Å². The standard InChI is InChI=1S/C7H14N2O3.BrH/c1-2-9-6(10)4-3-5(8)7(11)12;/h5H,2-4,8H2,1H3,(H,9,10)(H,11,12);1H/t5-;/m0./s1. The van der Waals surface area contributed by atoms with E-state index in [0.717, 1.165) is 0 Å². The highest BCUT2D eigenvalue weighted by atomic mass is 79.9. The normalized spacial score (nSPS) is 11.2. The molecule has 0 aliphatic rings. The van der Waals surface area contributed by atoms with E-state index < -0.39 is 12.0 Å². The zero-order chi connectivity index (χ0) is 9.56. The zero-order valence-electron chi connectivity index (χ0n) is 7.45.